The number of hydrogen-bond acceptors (Lipinski definition) is 16. The summed E-state index contributed by atoms with van der Waals surface area (Å²) in [6.07, 6.45) is 5.41. The van der Waals surface area contributed by atoms with Gasteiger partial charge in [0.1, 0.15) is 40.9 Å². The number of nitrogens with zero attached hydrogens (tertiary/aromatic N) is 1. The van der Waals surface area contributed by atoms with Crippen molar-refractivity contribution < 1.29 is 60.0 Å². The third-order valence-corrected chi connectivity index (χ3v) is 16.9. The molecule has 0 spiro atoms. The van der Waals surface area contributed by atoms with Gasteiger partial charge in [-0.05, 0) is 124 Å². The second-order valence-electron chi connectivity index (χ2n) is 18.5. The quantitative estimate of drug-likeness (QED) is 0.0458. The van der Waals surface area contributed by atoms with Gasteiger partial charge in [-0.2, -0.15) is 0 Å². The molecule has 19 heteroatoms. The zero-order chi connectivity index (χ0) is 56.1. The molecule has 9 rings (SSSR count). The van der Waals surface area contributed by atoms with Crippen molar-refractivity contribution in [3.8, 4) is 17.2 Å². The van der Waals surface area contributed by atoms with Gasteiger partial charge in [-0.25, -0.2) is 16.8 Å². The number of rotatable bonds is 17. The van der Waals surface area contributed by atoms with Crippen molar-refractivity contribution in [2.24, 2.45) is 0 Å². The molecule has 3 atom stereocenters. The molecule has 0 bridgehead atoms. The Kier molecular flexibility index (Phi) is 23.4. The number of ketones is 1. The molecule has 0 saturated carbocycles. The van der Waals surface area contributed by atoms with Crippen LogP contribution in [0.15, 0.2) is 165 Å². The maximum absolute atomic E-state index is 12.8. The van der Waals surface area contributed by atoms with Crippen molar-refractivity contribution in [1.29, 1.82) is 0 Å². The predicted octanol–water partition coefficient (Wildman–Crippen LogP) is 7.50. The topological polar surface area (TPSA) is 213 Å². The molecular formula is C59H68BrN3O13S2. The minimum atomic E-state index is -3.55. The maximum Gasteiger partial charge on any atom is 0.319 e. The number of aliphatic hydroxyl groups is 1. The molecule has 3 aliphatic rings. The first-order valence-electron chi connectivity index (χ1n) is 25.5. The Morgan fingerprint density at radius 3 is 1.50 bits per heavy atom. The molecule has 0 aromatic heterocycles. The minimum Gasteiger partial charge on any atom is -0.489 e. The molecule has 0 amide bonds. The highest BCUT2D eigenvalue weighted by Gasteiger charge is 2.27. The average molecular weight is 1170 g/mol. The molecule has 16 nitrogen and oxygen atoms in total. The molecule has 416 valence electrons. The lowest BCUT2D eigenvalue weighted by atomic mass is 9.97. The van der Waals surface area contributed by atoms with E-state index in [0.717, 1.165) is 67.5 Å². The number of benzene rings is 6. The Balaban J connectivity index is 0.000000180. The maximum atomic E-state index is 12.8. The lowest BCUT2D eigenvalue weighted by molar-refractivity contribution is -0.139. The molecule has 6 aromatic carbocycles. The summed E-state index contributed by atoms with van der Waals surface area (Å²) in [5, 5.41) is 15.4. The number of fused-ring (bicyclic) bond motifs is 3. The van der Waals surface area contributed by atoms with Gasteiger partial charge in [0.25, 0.3) is 0 Å². The van der Waals surface area contributed by atoms with Crippen molar-refractivity contribution in [3.05, 3.63) is 173 Å². The van der Waals surface area contributed by atoms with Crippen molar-refractivity contribution in [2.45, 2.75) is 76.4 Å². The van der Waals surface area contributed by atoms with Crippen molar-refractivity contribution in [2.75, 3.05) is 73.0 Å². The van der Waals surface area contributed by atoms with E-state index >= 15 is 0 Å². The van der Waals surface area contributed by atoms with Crippen LogP contribution >= 0.6 is 15.9 Å². The zero-order valence-electron chi connectivity index (χ0n) is 44.3. The summed E-state index contributed by atoms with van der Waals surface area (Å²) in [5.41, 5.74) is 4.49. The second-order valence-corrected chi connectivity index (χ2v) is 22.9. The molecule has 0 aliphatic carbocycles. The predicted molar refractivity (Wildman–Crippen MR) is 300 cm³/mol. The smallest absolute Gasteiger partial charge is 0.319 e. The SMILES string of the molecule is CN(CCO)C[C@H]1CCc2ccc(S(=O)(=O)c3ccccc3)cc2O1.CNC[C@H]1CCc2ccc(S(=O)(=O)c3ccccc3)cc2O1.COC(=O)CBr.COC(=O)CNC[C@H]1CCc2ccc(C(=O)c3ccccc3)cc2O1. The number of carbonyl (C=O) groups is 3. The van der Waals surface area contributed by atoms with Crippen LogP contribution in [0.3, 0.4) is 0 Å². The van der Waals surface area contributed by atoms with Crippen LogP contribution in [0.5, 0.6) is 17.2 Å². The third kappa shape index (κ3) is 17.3. The molecule has 0 fully saturated rings. The minimum absolute atomic E-state index is 0.00118. The Bertz CT molecular complexity index is 3130. The summed E-state index contributed by atoms with van der Waals surface area (Å²) >= 11 is 2.90. The van der Waals surface area contributed by atoms with E-state index < -0.39 is 19.7 Å². The number of esters is 2. The van der Waals surface area contributed by atoms with Gasteiger partial charge in [0.2, 0.25) is 19.7 Å². The van der Waals surface area contributed by atoms with Crippen molar-refractivity contribution >= 4 is 53.3 Å². The number of halogens is 1. The summed E-state index contributed by atoms with van der Waals surface area (Å²) in [6, 6.07) is 42.1. The summed E-state index contributed by atoms with van der Waals surface area (Å²) in [7, 11) is -0.508. The Morgan fingerprint density at radius 2 is 1.04 bits per heavy atom. The van der Waals surface area contributed by atoms with E-state index in [1.807, 2.05) is 79.7 Å². The van der Waals surface area contributed by atoms with E-state index in [4.69, 9.17) is 19.3 Å². The van der Waals surface area contributed by atoms with Crippen LogP contribution in [-0.2, 0) is 58.0 Å². The largest absolute Gasteiger partial charge is 0.489 e. The summed E-state index contributed by atoms with van der Waals surface area (Å²) < 4.78 is 77.6. The number of hydrogen-bond donors (Lipinski definition) is 3. The number of alkyl halides is 1. The molecule has 78 heavy (non-hydrogen) atoms. The first-order chi connectivity index (χ1) is 37.6. The van der Waals surface area contributed by atoms with Crippen LogP contribution < -0.4 is 24.8 Å². The van der Waals surface area contributed by atoms with E-state index in [1.165, 1.54) is 14.2 Å². The van der Waals surface area contributed by atoms with E-state index in [1.54, 1.807) is 84.9 Å². The van der Waals surface area contributed by atoms with Gasteiger partial charge < -0.3 is 44.3 Å². The van der Waals surface area contributed by atoms with Crippen LogP contribution in [0.25, 0.3) is 0 Å². The average Bonchev–Trinajstić information content (AvgIpc) is 3.53. The molecule has 6 aromatic rings. The van der Waals surface area contributed by atoms with E-state index in [2.05, 4.69) is 36.0 Å². The molecule has 0 unspecified atom stereocenters. The number of methoxy groups -OCH3 is 2. The number of aryl methyl sites for hydroxylation is 3. The molecule has 3 N–H and O–H groups in total. The van der Waals surface area contributed by atoms with Gasteiger partial charge in [0, 0.05) is 37.3 Å². The first kappa shape index (κ1) is 60.8. The fourth-order valence-corrected chi connectivity index (χ4v) is 11.5. The highest BCUT2D eigenvalue weighted by atomic mass is 79.9. The van der Waals surface area contributed by atoms with E-state index in [9.17, 15) is 31.2 Å². The van der Waals surface area contributed by atoms with Crippen LogP contribution in [0, 0.1) is 0 Å². The number of carbonyl (C=O) groups excluding carboxylic acids is 3. The Hall–Kier alpha value is -6.45. The molecular weight excluding hydrogens is 1100 g/mol. The van der Waals surface area contributed by atoms with E-state index in [-0.39, 0.29) is 69.2 Å². The molecule has 3 aliphatic heterocycles. The standard InChI is InChI=1S/C20H21NO4.C19H23NO4S.C17H19NO3S.C3H5BrO2/c1-24-19(22)13-21-12-17-10-9-14-7-8-16(11-18(14)25-17)20(23)15-5-3-2-4-6-15;1-20(11-12-21)14-16-9-7-15-8-10-18(13-19(15)24-16)25(22,23)17-5-3-2-4-6-17;1-18-12-14-9-7-13-8-10-16(11-17(13)21-14)22(19,20)15-5-3-2-4-6-15;1-6-3(5)2-4/h2-8,11,17,21H,9-10,12-13H2,1H3;2-6,8,10,13,16,21H,7,9,11-12,14H2,1H3;2-6,8,10-11,14,18H,7,9,12H2,1H3;2H2,1H3/t17-;16-;14-;/m111./s1. The van der Waals surface area contributed by atoms with Crippen molar-refractivity contribution in [3.63, 3.8) is 0 Å². The molecule has 0 radical (unpaired) electrons. The second kappa shape index (κ2) is 30.1. The lowest BCUT2D eigenvalue weighted by Crippen LogP contribution is -2.36. The van der Waals surface area contributed by atoms with Crippen LogP contribution in [0.2, 0.25) is 0 Å². The fraction of sp³-hybridized carbons (Fsp3) is 0.339. The highest BCUT2D eigenvalue weighted by Crippen LogP contribution is 2.34. The molecule has 3 heterocycles. The van der Waals surface area contributed by atoms with Crippen LogP contribution in [-0.4, -0.2) is 136 Å². The zero-order valence-corrected chi connectivity index (χ0v) is 47.5. The number of sulfone groups is 2. The molecule has 0 saturated heterocycles. The van der Waals surface area contributed by atoms with Gasteiger partial charge in [-0.15, -0.1) is 0 Å². The summed E-state index contributed by atoms with van der Waals surface area (Å²) in [5.74, 6) is 1.52. The Morgan fingerprint density at radius 1 is 0.590 bits per heavy atom. The van der Waals surface area contributed by atoms with Gasteiger partial charge in [-0.1, -0.05) is 107 Å². The summed E-state index contributed by atoms with van der Waals surface area (Å²) in [4.78, 5) is 36.8. The van der Waals surface area contributed by atoms with E-state index in [0.29, 0.717) is 47.2 Å². The highest BCUT2D eigenvalue weighted by molar-refractivity contribution is 9.09. The monoisotopic (exact) mass is 1170 g/mol. The number of likely N-dealkylation sites (N-methyl/N-ethyl adjacent to an activating group) is 2. The van der Waals surface area contributed by atoms with Gasteiger partial charge in [0.05, 0.1) is 47.0 Å². The number of ether oxygens (including phenoxy) is 5. The van der Waals surface area contributed by atoms with Crippen molar-refractivity contribution in [1.82, 2.24) is 15.5 Å². The number of aliphatic hydroxyl groups excluding tert-OH is 1. The van der Waals surface area contributed by atoms with Gasteiger partial charge in [-0.3, -0.25) is 14.4 Å². The van der Waals surface area contributed by atoms with Crippen LogP contribution in [0.1, 0.15) is 51.9 Å². The normalized spacial score (nSPS) is 16.1. The van der Waals surface area contributed by atoms with Gasteiger partial charge >= 0.3 is 11.9 Å². The Labute approximate surface area is 466 Å². The van der Waals surface area contributed by atoms with Gasteiger partial charge in [0.15, 0.2) is 5.78 Å². The fourth-order valence-electron chi connectivity index (χ4n) is 8.66. The number of nitrogens with one attached hydrogen (secondary N) is 2. The summed E-state index contributed by atoms with van der Waals surface area (Å²) in [6.45, 7) is 2.89. The van der Waals surface area contributed by atoms with Crippen LogP contribution in [0.4, 0.5) is 0 Å². The lowest BCUT2D eigenvalue weighted by Gasteiger charge is -2.29. The first-order valence-corrected chi connectivity index (χ1v) is 29.6. The third-order valence-electron chi connectivity index (χ3n) is 12.9.